The molecule has 2 heterocycles. The van der Waals surface area contributed by atoms with Crippen molar-refractivity contribution in [2.75, 3.05) is 19.6 Å². The molecule has 1 amide bonds. The molecule has 0 spiro atoms. The summed E-state index contributed by atoms with van der Waals surface area (Å²) in [4.78, 5) is 17.5. The molecule has 2 rings (SSSR count). The van der Waals surface area contributed by atoms with Crippen molar-refractivity contribution in [3.63, 3.8) is 0 Å². The van der Waals surface area contributed by atoms with E-state index in [0.29, 0.717) is 11.6 Å². The molecule has 0 aromatic carbocycles. The fourth-order valence-electron chi connectivity index (χ4n) is 2.93. The van der Waals surface area contributed by atoms with Gasteiger partial charge in [0.05, 0.1) is 9.88 Å². The summed E-state index contributed by atoms with van der Waals surface area (Å²) in [6.45, 7) is 3.26. The second-order valence-electron chi connectivity index (χ2n) is 5.97. The molecule has 0 aliphatic carbocycles. The highest BCUT2D eigenvalue weighted by molar-refractivity contribution is 7.11. The molecule has 1 aliphatic heterocycles. The van der Waals surface area contributed by atoms with Gasteiger partial charge in [0.2, 0.25) is 5.91 Å². The van der Waals surface area contributed by atoms with Crippen LogP contribution in [0.2, 0.25) is 0 Å². The SMILES string of the molecule is Cc1nc(C(F)(F)F)c(CN2CCCCC2CNC(=O)CCN)s1. The first-order chi connectivity index (χ1) is 11.3. The standard InChI is InChI=1S/C15H23F3N4OS/c1-10-21-14(15(16,17)18)12(24-10)9-22-7-3-2-4-11(22)8-20-13(23)5-6-19/h11H,2-9,19H2,1H3,(H,20,23). The van der Waals surface area contributed by atoms with Crippen molar-refractivity contribution >= 4 is 17.2 Å². The summed E-state index contributed by atoms with van der Waals surface area (Å²) in [7, 11) is 0. The van der Waals surface area contributed by atoms with Crippen molar-refractivity contribution in [2.45, 2.75) is 51.4 Å². The molecule has 1 atom stereocenters. The Morgan fingerprint density at radius 3 is 2.88 bits per heavy atom. The van der Waals surface area contributed by atoms with Gasteiger partial charge in [-0.2, -0.15) is 13.2 Å². The first kappa shape index (κ1) is 19.1. The van der Waals surface area contributed by atoms with Crippen LogP contribution in [0, 0.1) is 6.92 Å². The maximum atomic E-state index is 13.1. The van der Waals surface area contributed by atoms with Gasteiger partial charge < -0.3 is 11.1 Å². The lowest BCUT2D eigenvalue weighted by atomic mass is 10.0. The predicted octanol–water partition coefficient (Wildman–Crippen LogP) is 2.29. The van der Waals surface area contributed by atoms with Crippen LogP contribution < -0.4 is 11.1 Å². The van der Waals surface area contributed by atoms with E-state index >= 15 is 0 Å². The molecule has 136 valence electrons. The summed E-state index contributed by atoms with van der Waals surface area (Å²) in [5.74, 6) is -0.118. The molecule has 24 heavy (non-hydrogen) atoms. The number of hydrogen-bond acceptors (Lipinski definition) is 5. The Bertz CT molecular complexity index is 561. The van der Waals surface area contributed by atoms with E-state index in [1.165, 1.54) is 0 Å². The Hall–Kier alpha value is -1.19. The molecule has 1 aromatic rings. The fraction of sp³-hybridized carbons (Fsp3) is 0.733. The van der Waals surface area contributed by atoms with Crippen molar-refractivity contribution < 1.29 is 18.0 Å². The van der Waals surface area contributed by atoms with E-state index in [1.807, 2.05) is 4.90 Å². The fourth-order valence-corrected chi connectivity index (χ4v) is 3.91. The third-order valence-electron chi connectivity index (χ3n) is 4.07. The number of thiazole rings is 1. The number of likely N-dealkylation sites (tertiary alicyclic amines) is 1. The number of aromatic nitrogens is 1. The van der Waals surface area contributed by atoms with Crippen LogP contribution in [0.25, 0.3) is 0 Å². The highest BCUT2D eigenvalue weighted by Gasteiger charge is 2.38. The van der Waals surface area contributed by atoms with Crippen molar-refractivity contribution in [1.29, 1.82) is 0 Å². The zero-order valence-corrected chi connectivity index (χ0v) is 14.5. The number of amides is 1. The van der Waals surface area contributed by atoms with E-state index in [9.17, 15) is 18.0 Å². The number of hydrogen-bond donors (Lipinski definition) is 2. The molecule has 5 nitrogen and oxygen atoms in total. The number of alkyl halides is 3. The average Bonchev–Trinajstić information content (AvgIpc) is 2.87. The highest BCUT2D eigenvalue weighted by Crippen LogP contribution is 2.35. The number of nitrogens with one attached hydrogen (secondary N) is 1. The lowest BCUT2D eigenvalue weighted by Gasteiger charge is -2.35. The number of carbonyl (C=O) groups is 1. The van der Waals surface area contributed by atoms with Crippen LogP contribution in [0.15, 0.2) is 0 Å². The van der Waals surface area contributed by atoms with E-state index in [0.717, 1.165) is 37.1 Å². The lowest BCUT2D eigenvalue weighted by Crippen LogP contribution is -2.46. The monoisotopic (exact) mass is 364 g/mol. The second-order valence-corrected chi connectivity index (χ2v) is 7.25. The van der Waals surface area contributed by atoms with Crippen LogP contribution in [-0.2, 0) is 17.5 Å². The predicted molar refractivity (Wildman–Crippen MR) is 86.6 cm³/mol. The number of piperidine rings is 1. The molecule has 1 unspecified atom stereocenters. The summed E-state index contributed by atoms with van der Waals surface area (Å²) in [6, 6.07) is 0.0453. The van der Waals surface area contributed by atoms with Gasteiger partial charge in [-0.15, -0.1) is 11.3 Å². The van der Waals surface area contributed by atoms with E-state index in [2.05, 4.69) is 10.3 Å². The van der Waals surface area contributed by atoms with Crippen LogP contribution in [0.5, 0.6) is 0 Å². The number of aryl methyl sites for hydroxylation is 1. The zero-order valence-electron chi connectivity index (χ0n) is 13.7. The molecule has 0 bridgehead atoms. The van der Waals surface area contributed by atoms with Crippen molar-refractivity contribution in [1.82, 2.24) is 15.2 Å². The Kier molecular flexibility index (Phi) is 6.59. The van der Waals surface area contributed by atoms with E-state index in [4.69, 9.17) is 5.73 Å². The molecular weight excluding hydrogens is 341 g/mol. The van der Waals surface area contributed by atoms with Gasteiger partial charge in [0, 0.05) is 32.1 Å². The normalized spacial score (nSPS) is 19.5. The molecule has 1 fully saturated rings. The third-order valence-corrected chi connectivity index (χ3v) is 5.03. The molecule has 0 saturated carbocycles. The van der Waals surface area contributed by atoms with Gasteiger partial charge in [-0.25, -0.2) is 4.98 Å². The van der Waals surface area contributed by atoms with E-state index in [1.54, 1.807) is 6.92 Å². The Labute approximate surface area is 143 Å². The van der Waals surface area contributed by atoms with Crippen molar-refractivity contribution in [2.24, 2.45) is 5.73 Å². The Balaban J connectivity index is 2.05. The minimum Gasteiger partial charge on any atom is -0.354 e. The molecule has 0 radical (unpaired) electrons. The van der Waals surface area contributed by atoms with E-state index in [-0.39, 0.29) is 36.3 Å². The first-order valence-electron chi connectivity index (χ1n) is 8.05. The third kappa shape index (κ3) is 5.15. The maximum absolute atomic E-state index is 13.1. The van der Waals surface area contributed by atoms with E-state index < -0.39 is 11.9 Å². The molecular formula is C15H23F3N4OS. The van der Waals surface area contributed by atoms with Crippen LogP contribution in [0.3, 0.4) is 0 Å². The summed E-state index contributed by atoms with van der Waals surface area (Å²) in [5.41, 5.74) is 4.57. The van der Waals surface area contributed by atoms with Gasteiger partial charge in [0.15, 0.2) is 5.69 Å². The lowest BCUT2D eigenvalue weighted by molar-refractivity contribution is -0.141. The Morgan fingerprint density at radius 2 is 2.21 bits per heavy atom. The minimum absolute atomic E-state index is 0.0453. The number of carbonyl (C=O) groups excluding carboxylic acids is 1. The number of nitrogens with zero attached hydrogens (tertiary/aromatic N) is 2. The summed E-state index contributed by atoms with van der Waals surface area (Å²) >= 11 is 1.09. The summed E-state index contributed by atoms with van der Waals surface area (Å²) in [5, 5.41) is 3.24. The minimum atomic E-state index is -4.43. The molecule has 3 N–H and O–H groups in total. The number of halogens is 3. The maximum Gasteiger partial charge on any atom is 0.434 e. The smallest absolute Gasteiger partial charge is 0.354 e. The van der Waals surface area contributed by atoms with Gasteiger partial charge in [-0.3, -0.25) is 9.69 Å². The van der Waals surface area contributed by atoms with Crippen molar-refractivity contribution in [3.05, 3.63) is 15.6 Å². The first-order valence-corrected chi connectivity index (χ1v) is 8.87. The van der Waals surface area contributed by atoms with Gasteiger partial charge in [0.1, 0.15) is 0 Å². The molecule has 9 heteroatoms. The largest absolute Gasteiger partial charge is 0.434 e. The second kappa shape index (κ2) is 8.26. The summed E-state index contributed by atoms with van der Waals surface area (Å²) < 4.78 is 39.3. The number of rotatable bonds is 6. The van der Waals surface area contributed by atoms with Crippen LogP contribution >= 0.6 is 11.3 Å². The van der Waals surface area contributed by atoms with Crippen LogP contribution in [-0.4, -0.2) is 41.5 Å². The summed E-state index contributed by atoms with van der Waals surface area (Å²) in [6.07, 6.45) is -1.34. The molecule has 1 aromatic heterocycles. The van der Waals surface area contributed by atoms with Gasteiger partial charge in [-0.1, -0.05) is 6.42 Å². The van der Waals surface area contributed by atoms with Gasteiger partial charge in [0.25, 0.3) is 0 Å². The molecule has 1 aliphatic rings. The zero-order chi connectivity index (χ0) is 17.7. The van der Waals surface area contributed by atoms with Crippen molar-refractivity contribution in [3.8, 4) is 0 Å². The van der Waals surface area contributed by atoms with Crippen LogP contribution in [0.1, 0.15) is 41.3 Å². The average molecular weight is 364 g/mol. The molecule has 1 saturated heterocycles. The quantitative estimate of drug-likeness (QED) is 0.812. The van der Waals surface area contributed by atoms with Crippen LogP contribution in [0.4, 0.5) is 13.2 Å². The van der Waals surface area contributed by atoms with Gasteiger partial charge >= 0.3 is 6.18 Å². The highest BCUT2D eigenvalue weighted by atomic mass is 32.1. The topological polar surface area (TPSA) is 71.2 Å². The number of nitrogens with two attached hydrogens (primary N) is 1. The Morgan fingerprint density at radius 1 is 1.46 bits per heavy atom. The van der Waals surface area contributed by atoms with Gasteiger partial charge in [-0.05, 0) is 26.3 Å².